The summed E-state index contributed by atoms with van der Waals surface area (Å²) in [5.74, 6) is -0.0432. The molecule has 1 aromatic heterocycles. The Morgan fingerprint density at radius 3 is 3.06 bits per heavy atom. The van der Waals surface area contributed by atoms with Crippen LogP contribution in [0.1, 0.15) is 23.5 Å². The molecule has 1 saturated heterocycles. The lowest BCUT2D eigenvalue weighted by Gasteiger charge is -2.14. The van der Waals surface area contributed by atoms with Crippen LogP contribution in [0.3, 0.4) is 0 Å². The Morgan fingerprint density at radius 2 is 2.47 bits per heavy atom. The summed E-state index contributed by atoms with van der Waals surface area (Å²) < 4.78 is 0. The van der Waals surface area contributed by atoms with Crippen molar-refractivity contribution in [3.8, 4) is 0 Å². The summed E-state index contributed by atoms with van der Waals surface area (Å²) in [5.41, 5.74) is 0.967. The second-order valence-electron chi connectivity index (χ2n) is 4.08. The van der Waals surface area contributed by atoms with Crippen molar-refractivity contribution in [3.05, 3.63) is 16.1 Å². The van der Waals surface area contributed by atoms with Crippen molar-refractivity contribution in [3.63, 3.8) is 0 Å². The van der Waals surface area contributed by atoms with Gasteiger partial charge in [0.05, 0.1) is 13.1 Å². The second kappa shape index (κ2) is 5.27. The number of carbonyl (C=O) groups is 2. The van der Waals surface area contributed by atoms with Gasteiger partial charge in [0.25, 0.3) is 0 Å². The van der Waals surface area contributed by atoms with Gasteiger partial charge < -0.3 is 10.2 Å². The maximum Gasteiger partial charge on any atom is 0.239 e. The van der Waals surface area contributed by atoms with Gasteiger partial charge in [-0.1, -0.05) is 0 Å². The summed E-state index contributed by atoms with van der Waals surface area (Å²) in [6, 6.07) is 0. The lowest BCUT2D eigenvalue weighted by Crippen LogP contribution is -2.37. The molecule has 0 atom stereocenters. The van der Waals surface area contributed by atoms with Crippen LogP contribution in [0.4, 0.5) is 0 Å². The third-order valence-corrected chi connectivity index (χ3v) is 3.58. The molecule has 2 amide bonds. The topological polar surface area (TPSA) is 62.3 Å². The quantitative estimate of drug-likeness (QED) is 0.858. The first-order valence-electron chi connectivity index (χ1n) is 5.60. The molecule has 0 aliphatic carbocycles. The molecule has 17 heavy (non-hydrogen) atoms. The molecule has 0 unspecified atom stereocenters. The fourth-order valence-corrected chi connectivity index (χ4v) is 2.47. The zero-order valence-electron chi connectivity index (χ0n) is 9.73. The van der Waals surface area contributed by atoms with Gasteiger partial charge in [0.1, 0.15) is 5.01 Å². The smallest absolute Gasteiger partial charge is 0.239 e. The number of nitrogens with zero attached hydrogens (tertiary/aromatic N) is 2. The van der Waals surface area contributed by atoms with Gasteiger partial charge in [0, 0.05) is 24.0 Å². The van der Waals surface area contributed by atoms with Crippen molar-refractivity contribution in [1.82, 2.24) is 15.2 Å². The molecule has 6 heteroatoms. The number of rotatable bonds is 4. The fourth-order valence-electron chi connectivity index (χ4n) is 1.76. The summed E-state index contributed by atoms with van der Waals surface area (Å²) in [4.78, 5) is 28.8. The molecule has 2 heterocycles. The van der Waals surface area contributed by atoms with E-state index in [1.54, 1.807) is 4.90 Å². The molecule has 0 bridgehead atoms. The highest BCUT2D eigenvalue weighted by Gasteiger charge is 2.22. The van der Waals surface area contributed by atoms with E-state index in [1.807, 2.05) is 12.3 Å². The van der Waals surface area contributed by atoms with Crippen molar-refractivity contribution in [2.24, 2.45) is 0 Å². The van der Waals surface area contributed by atoms with Gasteiger partial charge in [0.15, 0.2) is 0 Å². The Balaban J connectivity index is 1.76. The number of aryl methyl sites for hydroxylation is 1. The highest BCUT2D eigenvalue weighted by atomic mass is 32.1. The Hall–Kier alpha value is -1.43. The van der Waals surface area contributed by atoms with E-state index in [0.29, 0.717) is 19.5 Å². The maximum atomic E-state index is 11.6. The third-order valence-electron chi connectivity index (χ3n) is 2.61. The average molecular weight is 253 g/mol. The van der Waals surface area contributed by atoms with Gasteiger partial charge in [-0.15, -0.1) is 11.3 Å². The molecule has 1 aliphatic rings. The van der Waals surface area contributed by atoms with E-state index in [0.717, 1.165) is 17.1 Å². The van der Waals surface area contributed by atoms with Gasteiger partial charge >= 0.3 is 0 Å². The predicted molar refractivity (Wildman–Crippen MR) is 64.5 cm³/mol. The standard InChI is InChI=1S/C11H15N3O2S/c1-8-7-17-10(13-8)5-12-9(15)6-14-4-2-3-11(14)16/h7H,2-6H2,1H3,(H,12,15). The largest absolute Gasteiger partial charge is 0.348 e. The Kier molecular flexibility index (Phi) is 3.73. The molecule has 92 valence electrons. The van der Waals surface area contributed by atoms with Crippen LogP contribution in [0.25, 0.3) is 0 Å². The minimum absolute atomic E-state index is 0.0743. The second-order valence-corrected chi connectivity index (χ2v) is 5.02. The van der Waals surface area contributed by atoms with Crippen molar-refractivity contribution >= 4 is 23.2 Å². The molecule has 2 rings (SSSR count). The Morgan fingerprint density at radius 1 is 1.65 bits per heavy atom. The van der Waals surface area contributed by atoms with Gasteiger partial charge in [-0.2, -0.15) is 0 Å². The zero-order valence-corrected chi connectivity index (χ0v) is 10.5. The number of carbonyl (C=O) groups excluding carboxylic acids is 2. The van der Waals surface area contributed by atoms with Crippen LogP contribution in [-0.4, -0.2) is 34.8 Å². The zero-order chi connectivity index (χ0) is 12.3. The lowest BCUT2D eigenvalue weighted by atomic mass is 10.4. The molecule has 5 nitrogen and oxygen atoms in total. The fraction of sp³-hybridized carbons (Fsp3) is 0.545. The van der Waals surface area contributed by atoms with Crippen molar-refractivity contribution in [2.75, 3.05) is 13.1 Å². The minimum atomic E-state index is -0.117. The van der Waals surface area contributed by atoms with Crippen molar-refractivity contribution < 1.29 is 9.59 Å². The number of hydrogen-bond acceptors (Lipinski definition) is 4. The first kappa shape index (κ1) is 12.0. The molecular formula is C11H15N3O2S. The van der Waals surface area contributed by atoms with Crippen LogP contribution in [0, 0.1) is 6.92 Å². The Bertz CT molecular complexity index is 430. The summed E-state index contributed by atoms with van der Waals surface area (Å²) in [7, 11) is 0. The lowest BCUT2D eigenvalue weighted by molar-refractivity contribution is -0.133. The minimum Gasteiger partial charge on any atom is -0.348 e. The molecule has 0 saturated carbocycles. The van der Waals surface area contributed by atoms with Gasteiger partial charge in [-0.25, -0.2) is 4.98 Å². The molecule has 1 aromatic rings. The van der Waals surface area contributed by atoms with Crippen molar-refractivity contribution in [2.45, 2.75) is 26.3 Å². The summed E-state index contributed by atoms with van der Waals surface area (Å²) in [6.45, 7) is 3.23. The molecule has 1 N–H and O–H groups in total. The van der Waals surface area contributed by atoms with E-state index in [1.165, 1.54) is 11.3 Å². The van der Waals surface area contributed by atoms with Crippen LogP contribution in [0.15, 0.2) is 5.38 Å². The molecule has 0 aromatic carbocycles. The third kappa shape index (κ3) is 3.26. The highest BCUT2D eigenvalue weighted by Crippen LogP contribution is 2.09. The van der Waals surface area contributed by atoms with E-state index < -0.39 is 0 Å². The number of aromatic nitrogens is 1. The summed E-state index contributed by atoms with van der Waals surface area (Å²) >= 11 is 1.53. The molecule has 1 aliphatic heterocycles. The average Bonchev–Trinajstić information content (AvgIpc) is 2.86. The van der Waals surface area contributed by atoms with Gasteiger partial charge in [-0.3, -0.25) is 9.59 Å². The molecular weight excluding hydrogens is 238 g/mol. The van der Waals surface area contributed by atoms with E-state index in [9.17, 15) is 9.59 Å². The van der Waals surface area contributed by atoms with Crippen LogP contribution in [-0.2, 0) is 16.1 Å². The number of likely N-dealkylation sites (tertiary alicyclic amines) is 1. The predicted octanol–water partition coefficient (Wildman–Crippen LogP) is 0.690. The van der Waals surface area contributed by atoms with E-state index >= 15 is 0 Å². The van der Waals surface area contributed by atoms with Gasteiger partial charge in [-0.05, 0) is 13.3 Å². The number of thiazole rings is 1. The molecule has 1 fully saturated rings. The van der Waals surface area contributed by atoms with Crippen molar-refractivity contribution in [1.29, 1.82) is 0 Å². The maximum absolute atomic E-state index is 11.6. The number of hydrogen-bond donors (Lipinski definition) is 1. The first-order valence-corrected chi connectivity index (χ1v) is 6.48. The SMILES string of the molecule is Cc1csc(CNC(=O)CN2CCCC2=O)n1. The summed E-state index contributed by atoms with van der Waals surface area (Å²) in [5, 5.41) is 5.62. The van der Waals surface area contributed by atoms with Crippen LogP contribution >= 0.6 is 11.3 Å². The first-order chi connectivity index (χ1) is 8.15. The van der Waals surface area contributed by atoms with Crippen LogP contribution in [0.2, 0.25) is 0 Å². The van der Waals surface area contributed by atoms with E-state index in [4.69, 9.17) is 0 Å². The number of amides is 2. The van der Waals surface area contributed by atoms with Crippen LogP contribution in [0.5, 0.6) is 0 Å². The van der Waals surface area contributed by atoms with Gasteiger partial charge in [0.2, 0.25) is 11.8 Å². The molecule has 0 spiro atoms. The number of nitrogens with one attached hydrogen (secondary N) is 1. The van der Waals surface area contributed by atoms with E-state index in [2.05, 4.69) is 10.3 Å². The van der Waals surface area contributed by atoms with E-state index in [-0.39, 0.29) is 18.4 Å². The Labute approximate surface area is 104 Å². The molecule has 0 radical (unpaired) electrons. The normalized spacial score (nSPS) is 15.4. The highest BCUT2D eigenvalue weighted by molar-refractivity contribution is 7.09. The summed E-state index contributed by atoms with van der Waals surface area (Å²) in [6.07, 6.45) is 1.43. The monoisotopic (exact) mass is 253 g/mol. The van der Waals surface area contributed by atoms with Crippen LogP contribution < -0.4 is 5.32 Å².